The summed E-state index contributed by atoms with van der Waals surface area (Å²) in [6.45, 7) is -1.12. The third-order valence-electron chi connectivity index (χ3n) is 1.32. The summed E-state index contributed by atoms with van der Waals surface area (Å²) in [5.41, 5.74) is 0. The normalized spacial score (nSPS) is 19.2. The van der Waals surface area contributed by atoms with Gasteiger partial charge in [-0.1, -0.05) is 0 Å². The van der Waals surface area contributed by atoms with E-state index in [1.807, 2.05) is 0 Å². The van der Waals surface area contributed by atoms with E-state index in [9.17, 15) is 17.6 Å². The zero-order valence-corrected chi connectivity index (χ0v) is 6.13. The van der Waals surface area contributed by atoms with E-state index in [2.05, 4.69) is 0 Å². The maximum Gasteiger partial charge on any atom is 0.186 e. The first-order valence-corrected chi connectivity index (χ1v) is 3.35. The standard InChI is InChI=1S/C6H10F4O2/c7-2-1-3(8)4(9)5(10)6(11)12/h3-6,11-12H,1-2H2. The number of aliphatic hydroxyl groups excluding tert-OH is 1. The van der Waals surface area contributed by atoms with Gasteiger partial charge in [-0.3, -0.25) is 4.39 Å². The van der Waals surface area contributed by atoms with Gasteiger partial charge < -0.3 is 10.2 Å². The molecular formula is C6H10F4O2. The smallest absolute Gasteiger partial charge is 0.186 e. The summed E-state index contributed by atoms with van der Waals surface area (Å²) >= 11 is 0. The lowest BCUT2D eigenvalue weighted by atomic mass is 10.1. The molecule has 0 aliphatic rings. The highest BCUT2D eigenvalue weighted by molar-refractivity contribution is 4.77. The molecule has 0 spiro atoms. The fourth-order valence-corrected chi connectivity index (χ4v) is 0.627. The van der Waals surface area contributed by atoms with E-state index in [1.165, 1.54) is 0 Å². The average Bonchev–Trinajstić information content (AvgIpc) is 2.02. The van der Waals surface area contributed by atoms with Crippen molar-refractivity contribution in [1.82, 2.24) is 0 Å². The number of hydrogen-bond donors (Lipinski definition) is 2. The molecule has 0 fully saturated rings. The summed E-state index contributed by atoms with van der Waals surface area (Å²) in [6.07, 6.45) is -11.1. The molecule has 0 rings (SSSR count). The molecule has 0 radical (unpaired) electrons. The summed E-state index contributed by atoms with van der Waals surface area (Å²) in [5.74, 6) is 0. The van der Waals surface area contributed by atoms with Gasteiger partial charge in [0.15, 0.2) is 18.6 Å². The van der Waals surface area contributed by atoms with Gasteiger partial charge in [-0.25, -0.2) is 13.2 Å². The highest BCUT2D eigenvalue weighted by atomic mass is 19.2. The zero-order chi connectivity index (χ0) is 9.72. The summed E-state index contributed by atoms with van der Waals surface area (Å²) in [4.78, 5) is 0. The van der Waals surface area contributed by atoms with Crippen LogP contribution in [0.3, 0.4) is 0 Å². The lowest BCUT2D eigenvalue weighted by Crippen LogP contribution is -2.37. The maximum absolute atomic E-state index is 12.4. The first kappa shape index (κ1) is 11.6. The average molecular weight is 190 g/mol. The third-order valence-corrected chi connectivity index (χ3v) is 1.32. The van der Waals surface area contributed by atoms with Crippen molar-refractivity contribution in [3.8, 4) is 0 Å². The van der Waals surface area contributed by atoms with E-state index in [0.29, 0.717) is 0 Å². The van der Waals surface area contributed by atoms with Crippen molar-refractivity contribution in [3.63, 3.8) is 0 Å². The Bertz CT molecular complexity index is 122. The second kappa shape index (κ2) is 5.31. The van der Waals surface area contributed by atoms with Crippen molar-refractivity contribution in [2.45, 2.75) is 31.2 Å². The molecule has 0 aliphatic heterocycles. The van der Waals surface area contributed by atoms with Crippen LogP contribution in [0.1, 0.15) is 6.42 Å². The van der Waals surface area contributed by atoms with E-state index >= 15 is 0 Å². The molecule has 0 heterocycles. The van der Waals surface area contributed by atoms with Gasteiger partial charge in [-0.15, -0.1) is 0 Å². The number of aliphatic hydroxyl groups is 2. The van der Waals surface area contributed by atoms with Crippen molar-refractivity contribution in [3.05, 3.63) is 0 Å². The quantitative estimate of drug-likeness (QED) is 0.494. The Morgan fingerprint density at radius 1 is 1.00 bits per heavy atom. The molecule has 0 aromatic heterocycles. The Hall–Kier alpha value is -0.360. The SMILES string of the molecule is OC(O)C(F)C(F)C(F)CCF. The predicted molar refractivity (Wildman–Crippen MR) is 33.5 cm³/mol. The van der Waals surface area contributed by atoms with E-state index in [1.54, 1.807) is 0 Å². The molecule has 0 amide bonds. The summed E-state index contributed by atoms with van der Waals surface area (Å²) in [7, 11) is 0. The molecule has 0 aromatic carbocycles. The second-order valence-electron chi connectivity index (χ2n) is 2.30. The Morgan fingerprint density at radius 2 is 1.50 bits per heavy atom. The minimum Gasteiger partial charge on any atom is -0.366 e. The van der Waals surface area contributed by atoms with Gasteiger partial charge in [0, 0.05) is 6.42 Å². The number of halogens is 4. The Morgan fingerprint density at radius 3 is 1.83 bits per heavy atom. The van der Waals surface area contributed by atoms with Crippen LogP contribution in [0, 0.1) is 0 Å². The van der Waals surface area contributed by atoms with E-state index < -0.39 is 37.9 Å². The largest absolute Gasteiger partial charge is 0.366 e. The third kappa shape index (κ3) is 3.36. The van der Waals surface area contributed by atoms with Crippen LogP contribution < -0.4 is 0 Å². The van der Waals surface area contributed by atoms with Gasteiger partial charge in [0.1, 0.15) is 6.17 Å². The fourth-order valence-electron chi connectivity index (χ4n) is 0.627. The summed E-state index contributed by atoms with van der Waals surface area (Å²) < 4.78 is 48.4. The van der Waals surface area contributed by atoms with Gasteiger partial charge in [0.05, 0.1) is 6.67 Å². The molecule has 3 atom stereocenters. The molecule has 2 nitrogen and oxygen atoms in total. The molecule has 0 saturated heterocycles. The first-order valence-electron chi connectivity index (χ1n) is 3.35. The van der Waals surface area contributed by atoms with Crippen LogP contribution in [0.5, 0.6) is 0 Å². The Balaban J connectivity index is 3.90. The number of rotatable bonds is 5. The van der Waals surface area contributed by atoms with E-state index in [0.717, 1.165) is 0 Å². The van der Waals surface area contributed by atoms with E-state index in [4.69, 9.17) is 10.2 Å². The van der Waals surface area contributed by atoms with E-state index in [-0.39, 0.29) is 0 Å². The van der Waals surface area contributed by atoms with Crippen LogP contribution in [0.4, 0.5) is 17.6 Å². The highest BCUT2D eigenvalue weighted by Crippen LogP contribution is 2.16. The van der Waals surface area contributed by atoms with Crippen LogP contribution in [-0.2, 0) is 0 Å². The fraction of sp³-hybridized carbons (Fsp3) is 1.00. The lowest BCUT2D eigenvalue weighted by Gasteiger charge is -2.17. The molecule has 0 bridgehead atoms. The van der Waals surface area contributed by atoms with Crippen molar-refractivity contribution < 1.29 is 27.8 Å². The predicted octanol–water partition coefficient (Wildman–Crippen LogP) is 0.671. The molecule has 74 valence electrons. The summed E-state index contributed by atoms with van der Waals surface area (Å²) in [5, 5.41) is 16.2. The number of hydrogen-bond acceptors (Lipinski definition) is 2. The molecule has 3 unspecified atom stereocenters. The topological polar surface area (TPSA) is 40.5 Å². The molecule has 6 heteroatoms. The van der Waals surface area contributed by atoms with Crippen molar-refractivity contribution in [2.24, 2.45) is 0 Å². The maximum atomic E-state index is 12.4. The minimum atomic E-state index is -2.73. The van der Waals surface area contributed by atoms with Gasteiger partial charge in [-0.05, 0) is 0 Å². The molecular weight excluding hydrogens is 180 g/mol. The molecule has 0 aliphatic carbocycles. The lowest BCUT2D eigenvalue weighted by molar-refractivity contribution is -0.124. The Labute approximate surface area is 66.8 Å². The summed E-state index contributed by atoms with van der Waals surface area (Å²) in [6, 6.07) is 0. The zero-order valence-electron chi connectivity index (χ0n) is 6.13. The minimum absolute atomic E-state index is 0.783. The second-order valence-corrected chi connectivity index (χ2v) is 2.30. The van der Waals surface area contributed by atoms with Crippen molar-refractivity contribution >= 4 is 0 Å². The molecule has 0 aromatic rings. The van der Waals surface area contributed by atoms with Crippen LogP contribution in [0.15, 0.2) is 0 Å². The number of alkyl halides is 4. The van der Waals surface area contributed by atoms with Gasteiger partial charge >= 0.3 is 0 Å². The van der Waals surface area contributed by atoms with Crippen LogP contribution >= 0.6 is 0 Å². The first-order chi connectivity index (χ1) is 5.50. The molecule has 2 N–H and O–H groups in total. The Kier molecular flexibility index (Phi) is 5.16. The molecule has 12 heavy (non-hydrogen) atoms. The van der Waals surface area contributed by atoms with Crippen molar-refractivity contribution in [1.29, 1.82) is 0 Å². The van der Waals surface area contributed by atoms with Crippen LogP contribution in [-0.4, -0.2) is 41.7 Å². The highest BCUT2D eigenvalue weighted by Gasteiger charge is 2.33. The molecule has 0 saturated carbocycles. The monoisotopic (exact) mass is 190 g/mol. The van der Waals surface area contributed by atoms with Crippen LogP contribution in [0.2, 0.25) is 0 Å². The van der Waals surface area contributed by atoms with Gasteiger partial charge in [0.25, 0.3) is 0 Å². The van der Waals surface area contributed by atoms with Gasteiger partial charge in [-0.2, -0.15) is 0 Å². The van der Waals surface area contributed by atoms with Gasteiger partial charge in [0.2, 0.25) is 0 Å². The van der Waals surface area contributed by atoms with Crippen molar-refractivity contribution in [2.75, 3.05) is 6.67 Å². The van der Waals surface area contributed by atoms with Crippen LogP contribution in [0.25, 0.3) is 0 Å².